The molecular weight excluding hydrogens is 326 g/mol. The van der Waals surface area contributed by atoms with Crippen LogP contribution in [0.15, 0.2) is 72.8 Å². The van der Waals surface area contributed by atoms with Crippen LogP contribution in [0.2, 0.25) is 0 Å². The molecule has 128 valence electrons. The molecule has 1 heterocycles. The Labute approximate surface area is 151 Å². The first kappa shape index (κ1) is 16.1. The van der Waals surface area contributed by atoms with E-state index in [0.717, 1.165) is 16.9 Å². The molecule has 0 saturated carbocycles. The number of benzene rings is 3. The Morgan fingerprint density at radius 2 is 1.42 bits per heavy atom. The minimum Gasteiger partial charge on any atom is -0.489 e. The third-order valence-electron chi connectivity index (χ3n) is 4.45. The fourth-order valence-electron chi connectivity index (χ4n) is 3.09. The number of amides is 2. The fraction of sp³-hybridized carbons (Fsp3) is 0.0909. The van der Waals surface area contributed by atoms with Gasteiger partial charge in [0, 0.05) is 0 Å². The number of hydrogen-bond acceptors (Lipinski definition) is 3. The molecule has 0 spiro atoms. The summed E-state index contributed by atoms with van der Waals surface area (Å²) in [6, 6.07) is 22.1. The zero-order valence-electron chi connectivity index (χ0n) is 14.3. The molecule has 0 bridgehead atoms. The highest BCUT2D eigenvalue weighted by Crippen LogP contribution is 2.31. The van der Waals surface area contributed by atoms with Crippen LogP contribution in [0.5, 0.6) is 5.75 Å². The van der Waals surface area contributed by atoms with Gasteiger partial charge in [-0.3, -0.25) is 9.59 Å². The van der Waals surface area contributed by atoms with Crippen LogP contribution in [0, 0.1) is 6.92 Å². The number of imide groups is 1. The SMILES string of the molecule is Cc1cc(N2C(=O)c3ccccc3C2=O)ccc1OCc1ccccc1. The van der Waals surface area contributed by atoms with E-state index in [1.54, 1.807) is 36.4 Å². The van der Waals surface area contributed by atoms with Crippen LogP contribution in [0.4, 0.5) is 5.69 Å². The van der Waals surface area contributed by atoms with Gasteiger partial charge in [-0.25, -0.2) is 4.90 Å². The van der Waals surface area contributed by atoms with Gasteiger partial charge >= 0.3 is 0 Å². The van der Waals surface area contributed by atoms with E-state index in [1.165, 1.54) is 4.90 Å². The summed E-state index contributed by atoms with van der Waals surface area (Å²) in [4.78, 5) is 26.4. The molecule has 0 unspecified atom stereocenters. The third kappa shape index (κ3) is 2.75. The van der Waals surface area contributed by atoms with E-state index in [1.807, 2.05) is 43.3 Å². The van der Waals surface area contributed by atoms with Crippen molar-refractivity contribution >= 4 is 17.5 Å². The highest BCUT2D eigenvalue weighted by molar-refractivity contribution is 6.34. The Bertz CT molecular complexity index is 960. The molecule has 3 aromatic carbocycles. The summed E-state index contributed by atoms with van der Waals surface area (Å²) < 4.78 is 5.87. The number of ether oxygens (including phenoxy) is 1. The lowest BCUT2D eigenvalue weighted by Gasteiger charge is -2.16. The summed E-state index contributed by atoms with van der Waals surface area (Å²) in [5, 5.41) is 0. The second-order valence-electron chi connectivity index (χ2n) is 6.22. The van der Waals surface area contributed by atoms with Crippen molar-refractivity contribution in [2.45, 2.75) is 13.5 Å². The summed E-state index contributed by atoms with van der Waals surface area (Å²) in [5.74, 6) is 0.153. The van der Waals surface area contributed by atoms with E-state index in [0.29, 0.717) is 23.4 Å². The van der Waals surface area contributed by atoms with E-state index < -0.39 is 0 Å². The standard InChI is InChI=1S/C22H17NO3/c1-15-13-17(11-12-20(15)26-14-16-7-3-2-4-8-16)23-21(24)18-9-5-6-10-19(18)22(23)25/h2-13H,14H2,1H3. The number of anilines is 1. The van der Waals surface area contributed by atoms with Crippen LogP contribution in [-0.2, 0) is 6.61 Å². The summed E-state index contributed by atoms with van der Waals surface area (Å²) >= 11 is 0. The predicted molar refractivity (Wildman–Crippen MR) is 99.5 cm³/mol. The van der Waals surface area contributed by atoms with E-state index in [4.69, 9.17) is 4.74 Å². The zero-order valence-corrected chi connectivity index (χ0v) is 14.3. The van der Waals surface area contributed by atoms with Crippen molar-refractivity contribution < 1.29 is 14.3 Å². The third-order valence-corrected chi connectivity index (χ3v) is 4.45. The quantitative estimate of drug-likeness (QED) is 0.661. The first-order valence-electron chi connectivity index (χ1n) is 8.40. The van der Waals surface area contributed by atoms with Gasteiger partial charge in [0.2, 0.25) is 0 Å². The zero-order chi connectivity index (χ0) is 18.1. The molecule has 0 fully saturated rings. The van der Waals surface area contributed by atoms with Crippen molar-refractivity contribution in [2.24, 2.45) is 0 Å². The van der Waals surface area contributed by atoms with Gasteiger partial charge < -0.3 is 4.74 Å². The first-order valence-corrected chi connectivity index (χ1v) is 8.40. The molecule has 1 aliphatic rings. The Hall–Kier alpha value is -3.40. The molecule has 0 atom stereocenters. The minimum atomic E-state index is -0.289. The normalized spacial score (nSPS) is 13.0. The first-order chi connectivity index (χ1) is 12.6. The maximum absolute atomic E-state index is 12.6. The van der Waals surface area contributed by atoms with Crippen LogP contribution < -0.4 is 9.64 Å². The van der Waals surface area contributed by atoms with E-state index in [9.17, 15) is 9.59 Å². The van der Waals surface area contributed by atoms with Gasteiger partial charge in [0.1, 0.15) is 12.4 Å². The summed E-state index contributed by atoms with van der Waals surface area (Å²) in [5.41, 5.74) is 3.39. The topological polar surface area (TPSA) is 46.6 Å². The van der Waals surface area contributed by atoms with Crippen LogP contribution in [0.3, 0.4) is 0 Å². The van der Waals surface area contributed by atoms with Crippen molar-refractivity contribution in [3.05, 3.63) is 95.1 Å². The Balaban J connectivity index is 1.57. The summed E-state index contributed by atoms with van der Waals surface area (Å²) in [6.07, 6.45) is 0. The monoisotopic (exact) mass is 343 g/mol. The number of carbonyl (C=O) groups is 2. The van der Waals surface area contributed by atoms with Crippen LogP contribution in [-0.4, -0.2) is 11.8 Å². The van der Waals surface area contributed by atoms with Crippen molar-refractivity contribution in [2.75, 3.05) is 4.90 Å². The molecule has 4 heteroatoms. The smallest absolute Gasteiger partial charge is 0.266 e. The molecule has 0 aromatic heterocycles. The molecular formula is C22H17NO3. The van der Waals surface area contributed by atoms with Gasteiger partial charge in [-0.05, 0) is 48.4 Å². The molecule has 4 nitrogen and oxygen atoms in total. The average molecular weight is 343 g/mol. The largest absolute Gasteiger partial charge is 0.489 e. The molecule has 1 aliphatic heterocycles. The van der Waals surface area contributed by atoms with Gasteiger partial charge in [0.05, 0.1) is 16.8 Å². The lowest BCUT2D eigenvalue weighted by Crippen LogP contribution is -2.29. The summed E-state index contributed by atoms with van der Waals surface area (Å²) in [7, 11) is 0. The molecule has 2 amide bonds. The number of hydrogen-bond donors (Lipinski definition) is 0. The highest BCUT2D eigenvalue weighted by atomic mass is 16.5. The van der Waals surface area contributed by atoms with E-state index >= 15 is 0 Å². The van der Waals surface area contributed by atoms with Crippen molar-refractivity contribution in [3.63, 3.8) is 0 Å². The van der Waals surface area contributed by atoms with E-state index in [-0.39, 0.29) is 11.8 Å². The molecule has 3 aromatic rings. The van der Waals surface area contributed by atoms with Gasteiger partial charge in [0.15, 0.2) is 0 Å². The number of nitrogens with zero attached hydrogens (tertiary/aromatic N) is 1. The van der Waals surface area contributed by atoms with Gasteiger partial charge in [-0.15, -0.1) is 0 Å². The second kappa shape index (κ2) is 6.48. The number of rotatable bonds is 4. The Kier molecular flexibility index (Phi) is 4.01. The fourth-order valence-corrected chi connectivity index (χ4v) is 3.09. The highest BCUT2D eigenvalue weighted by Gasteiger charge is 2.36. The number of aryl methyl sites for hydroxylation is 1. The second-order valence-corrected chi connectivity index (χ2v) is 6.22. The average Bonchev–Trinajstić information content (AvgIpc) is 2.93. The van der Waals surface area contributed by atoms with Gasteiger partial charge in [-0.2, -0.15) is 0 Å². The van der Waals surface area contributed by atoms with Crippen LogP contribution >= 0.6 is 0 Å². The molecule has 0 aliphatic carbocycles. The molecule has 0 radical (unpaired) electrons. The van der Waals surface area contributed by atoms with Crippen molar-refractivity contribution in [3.8, 4) is 5.75 Å². The van der Waals surface area contributed by atoms with Crippen LogP contribution in [0.25, 0.3) is 0 Å². The predicted octanol–water partition coefficient (Wildman–Crippen LogP) is 4.37. The maximum atomic E-state index is 12.6. The van der Waals surface area contributed by atoms with Crippen LogP contribution in [0.1, 0.15) is 31.8 Å². The Morgan fingerprint density at radius 1 is 0.808 bits per heavy atom. The maximum Gasteiger partial charge on any atom is 0.266 e. The van der Waals surface area contributed by atoms with Crippen molar-refractivity contribution in [1.29, 1.82) is 0 Å². The molecule has 0 saturated heterocycles. The molecule has 4 rings (SSSR count). The number of fused-ring (bicyclic) bond motifs is 1. The molecule has 0 N–H and O–H groups in total. The lowest BCUT2D eigenvalue weighted by molar-refractivity contribution is 0.0926. The lowest BCUT2D eigenvalue weighted by atomic mass is 10.1. The van der Waals surface area contributed by atoms with Gasteiger partial charge in [-0.1, -0.05) is 42.5 Å². The van der Waals surface area contributed by atoms with Crippen molar-refractivity contribution in [1.82, 2.24) is 0 Å². The van der Waals surface area contributed by atoms with E-state index in [2.05, 4.69) is 0 Å². The van der Waals surface area contributed by atoms with Gasteiger partial charge in [0.25, 0.3) is 11.8 Å². The Morgan fingerprint density at radius 3 is 2.04 bits per heavy atom. The summed E-state index contributed by atoms with van der Waals surface area (Å²) in [6.45, 7) is 2.37. The number of carbonyl (C=O) groups excluding carboxylic acids is 2. The molecule has 26 heavy (non-hydrogen) atoms. The minimum absolute atomic E-state index is 0.289.